The highest BCUT2D eigenvalue weighted by Gasteiger charge is 2.13. The van der Waals surface area contributed by atoms with Crippen molar-refractivity contribution in [3.05, 3.63) is 24.3 Å². The molecule has 2 N–H and O–H groups in total. The normalized spacial score (nSPS) is 11.8. The first-order chi connectivity index (χ1) is 9.69. The van der Waals surface area contributed by atoms with Gasteiger partial charge in [0.05, 0.1) is 20.3 Å². The SMILES string of the molecule is CCOc1ccccc1OCCSCC(N)C(=O)OC. The van der Waals surface area contributed by atoms with Crippen LogP contribution in [0.25, 0.3) is 0 Å². The number of nitrogens with two attached hydrogens (primary N) is 1. The molecule has 20 heavy (non-hydrogen) atoms. The summed E-state index contributed by atoms with van der Waals surface area (Å²) in [5.41, 5.74) is 5.63. The Morgan fingerprint density at radius 1 is 1.30 bits per heavy atom. The molecule has 0 spiro atoms. The van der Waals surface area contributed by atoms with Crippen molar-refractivity contribution in [2.45, 2.75) is 13.0 Å². The van der Waals surface area contributed by atoms with Crippen molar-refractivity contribution in [3.63, 3.8) is 0 Å². The Morgan fingerprint density at radius 2 is 1.95 bits per heavy atom. The van der Waals surface area contributed by atoms with E-state index in [1.54, 1.807) is 11.8 Å². The molecule has 0 aliphatic rings. The molecule has 0 aromatic heterocycles. The van der Waals surface area contributed by atoms with E-state index >= 15 is 0 Å². The molecule has 1 unspecified atom stereocenters. The van der Waals surface area contributed by atoms with Gasteiger partial charge in [0.1, 0.15) is 6.04 Å². The van der Waals surface area contributed by atoms with E-state index in [0.29, 0.717) is 19.0 Å². The van der Waals surface area contributed by atoms with Crippen LogP contribution in [0.4, 0.5) is 0 Å². The molecule has 0 radical (unpaired) electrons. The van der Waals surface area contributed by atoms with Crippen LogP contribution in [0.2, 0.25) is 0 Å². The predicted octanol–water partition coefficient (Wildman–Crippen LogP) is 1.70. The first kappa shape index (κ1) is 16.7. The minimum Gasteiger partial charge on any atom is -0.490 e. The summed E-state index contributed by atoms with van der Waals surface area (Å²) in [6, 6.07) is 6.97. The Bertz CT molecular complexity index is 414. The third-order valence-electron chi connectivity index (χ3n) is 2.44. The van der Waals surface area contributed by atoms with Crippen molar-refractivity contribution >= 4 is 17.7 Å². The zero-order valence-corrected chi connectivity index (χ0v) is 12.7. The van der Waals surface area contributed by atoms with E-state index in [2.05, 4.69) is 4.74 Å². The lowest BCUT2D eigenvalue weighted by atomic mass is 10.3. The summed E-state index contributed by atoms with van der Waals surface area (Å²) in [5, 5.41) is 0. The number of ether oxygens (including phenoxy) is 3. The van der Waals surface area contributed by atoms with Gasteiger partial charge in [-0.05, 0) is 19.1 Å². The Hall–Kier alpha value is -1.40. The van der Waals surface area contributed by atoms with Crippen LogP contribution in [0.3, 0.4) is 0 Å². The average Bonchev–Trinajstić information content (AvgIpc) is 2.47. The molecular formula is C14H21NO4S. The van der Waals surface area contributed by atoms with Gasteiger partial charge in [-0.1, -0.05) is 12.1 Å². The molecular weight excluding hydrogens is 278 g/mol. The highest BCUT2D eigenvalue weighted by molar-refractivity contribution is 7.99. The molecule has 5 nitrogen and oxygen atoms in total. The second-order valence-electron chi connectivity index (χ2n) is 3.93. The summed E-state index contributed by atoms with van der Waals surface area (Å²) in [6.07, 6.45) is 0. The van der Waals surface area contributed by atoms with Gasteiger partial charge in [0.2, 0.25) is 0 Å². The van der Waals surface area contributed by atoms with Gasteiger partial charge in [-0.2, -0.15) is 11.8 Å². The van der Waals surface area contributed by atoms with Gasteiger partial charge in [-0.25, -0.2) is 0 Å². The van der Waals surface area contributed by atoms with E-state index in [4.69, 9.17) is 15.2 Å². The lowest BCUT2D eigenvalue weighted by Crippen LogP contribution is -2.34. The van der Waals surface area contributed by atoms with E-state index < -0.39 is 6.04 Å². The molecule has 0 bridgehead atoms. The number of carbonyl (C=O) groups excluding carboxylic acids is 1. The number of rotatable bonds is 9. The fourth-order valence-corrected chi connectivity index (χ4v) is 2.24. The van der Waals surface area contributed by atoms with Crippen LogP contribution in [-0.4, -0.2) is 43.8 Å². The van der Waals surface area contributed by atoms with E-state index in [0.717, 1.165) is 17.3 Å². The third kappa shape index (κ3) is 5.71. The Kier molecular flexibility index (Phi) is 7.91. The summed E-state index contributed by atoms with van der Waals surface area (Å²) < 4.78 is 15.7. The summed E-state index contributed by atoms with van der Waals surface area (Å²) in [4.78, 5) is 11.1. The van der Waals surface area contributed by atoms with E-state index in [1.807, 2.05) is 31.2 Å². The first-order valence-corrected chi connectivity index (χ1v) is 7.60. The summed E-state index contributed by atoms with van der Waals surface area (Å²) >= 11 is 1.55. The maximum atomic E-state index is 11.1. The van der Waals surface area contributed by atoms with Crippen molar-refractivity contribution in [2.75, 3.05) is 31.8 Å². The number of carbonyl (C=O) groups is 1. The second kappa shape index (κ2) is 9.50. The van der Waals surface area contributed by atoms with Crippen LogP contribution in [-0.2, 0) is 9.53 Å². The van der Waals surface area contributed by atoms with Gasteiger partial charge in [-0.3, -0.25) is 4.79 Å². The molecule has 0 saturated carbocycles. The maximum Gasteiger partial charge on any atom is 0.323 e. The first-order valence-electron chi connectivity index (χ1n) is 6.44. The minimum atomic E-state index is -0.583. The van der Waals surface area contributed by atoms with Crippen molar-refractivity contribution in [2.24, 2.45) is 5.73 Å². The van der Waals surface area contributed by atoms with Gasteiger partial charge in [0.15, 0.2) is 11.5 Å². The van der Waals surface area contributed by atoms with Crippen molar-refractivity contribution < 1.29 is 19.0 Å². The van der Waals surface area contributed by atoms with Crippen LogP contribution >= 0.6 is 11.8 Å². The summed E-state index contributed by atoms with van der Waals surface area (Å²) in [6.45, 7) is 3.06. The maximum absolute atomic E-state index is 11.1. The predicted molar refractivity (Wildman–Crippen MR) is 80.4 cm³/mol. The van der Waals surface area contributed by atoms with Crippen LogP contribution < -0.4 is 15.2 Å². The molecule has 1 aromatic rings. The number of thioether (sulfide) groups is 1. The fourth-order valence-electron chi connectivity index (χ4n) is 1.48. The Balaban J connectivity index is 2.26. The van der Waals surface area contributed by atoms with Crippen molar-refractivity contribution in [1.29, 1.82) is 0 Å². The van der Waals surface area contributed by atoms with Crippen LogP contribution in [0, 0.1) is 0 Å². The monoisotopic (exact) mass is 299 g/mol. The lowest BCUT2D eigenvalue weighted by molar-refractivity contribution is -0.141. The zero-order valence-electron chi connectivity index (χ0n) is 11.8. The largest absolute Gasteiger partial charge is 0.490 e. The number of para-hydroxylation sites is 2. The van der Waals surface area contributed by atoms with Gasteiger partial charge in [0.25, 0.3) is 0 Å². The Morgan fingerprint density at radius 3 is 2.55 bits per heavy atom. The molecule has 0 fully saturated rings. The molecule has 0 heterocycles. The average molecular weight is 299 g/mol. The number of benzene rings is 1. The summed E-state index contributed by atoms with van der Waals surface area (Å²) in [7, 11) is 1.33. The van der Waals surface area contributed by atoms with Crippen LogP contribution in [0.5, 0.6) is 11.5 Å². The zero-order chi connectivity index (χ0) is 14.8. The highest BCUT2D eigenvalue weighted by Crippen LogP contribution is 2.26. The molecule has 1 atom stereocenters. The molecule has 0 saturated heterocycles. The highest BCUT2D eigenvalue weighted by atomic mass is 32.2. The lowest BCUT2D eigenvalue weighted by Gasteiger charge is -2.12. The number of esters is 1. The smallest absolute Gasteiger partial charge is 0.323 e. The van der Waals surface area contributed by atoms with E-state index in [-0.39, 0.29) is 5.97 Å². The topological polar surface area (TPSA) is 70.8 Å². The quantitative estimate of drug-likeness (QED) is 0.553. The summed E-state index contributed by atoms with van der Waals surface area (Å²) in [5.74, 6) is 2.34. The van der Waals surface area contributed by atoms with Crippen LogP contribution in [0.1, 0.15) is 6.92 Å². The molecule has 0 aliphatic carbocycles. The third-order valence-corrected chi connectivity index (χ3v) is 3.49. The van der Waals surface area contributed by atoms with E-state index in [1.165, 1.54) is 7.11 Å². The molecule has 1 rings (SSSR count). The molecule has 0 amide bonds. The fraction of sp³-hybridized carbons (Fsp3) is 0.500. The van der Waals surface area contributed by atoms with Gasteiger partial charge < -0.3 is 19.9 Å². The van der Waals surface area contributed by atoms with Crippen molar-refractivity contribution in [3.8, 4) is 11.5 Å². The standard InChI is InChI=1S/C14H21NO4S/c1-3-18-12-6-4-5-7-13(12)19-8-9-20-10-11(15)14(16)17-2/h4-7,11H,3,8-10,15H2,1-2H3. The number of methoxy groups -OCH3 is 1. The molecule has 112 valence electrons. The number of hydrogen-bond acceptors (Lipinski definition) is 6. The molecule has 0 aliphatic heterocycles. The van der Waals surface area contributed by atoms with Gasteiger partial charge in [0, 0.05) is 11.5 Å². The van der Waals surface area contributed by atoms with Gasteiger partial charge in [-0.15, -0.1) is 0 Å². The van der Waals surface area contributed by atoms with Gasteiger partial charge >= 0.3 is 5.97 Å². The molecule has 1 aromatic carbocycles. The van der Waals surface area contributed by atoms with Crippen LogP contribution in [0.15, 0.2) is 24.3 Å². The minimum absolute atomic E-state index is 0.389. The van der Waals surface area contributed by atoms with Crippen molar-refractivity contribution in [1.82, 2.24) is 0 Å². The second-order valence-corrected chi connectivity index (χ2v) is 5.08. The Labute approximate surface area is 123 Å². The van der Waals surface area contributed by atoms with E-state index in [9.17, 15) is 4.79 Å². The molecule has 6 heteroatoms. The number of hydrogen-bond donors (Lipinski definition) is 1.